The molecule has 0 N–H and O–H groups in total. The van der Waals surface area contributed by atoms with Crippen LogP contribution in [0.15, 0.2) is 16.3 Å². The average molecular weight is 322 g/mol. The molecular formula is C13H20ClNO2S2. The highest BCUT2D eigenvalue weighted by Crippen LogP contribution is 2.30. The van der Waals surface area contributed by atoms with Gasteiger partial charge in [0.2, 0.25) is 0 Å². The molecule has 1 aromatic rings. The van der Waals surface area contributed by atoms with Crippen LogP contribution in [0, 0.1) is 0 Å². The molecule has 6 heteroatoms. The molecule has 1 aliphatic heterocycles. The zero-order valence-electron chi connectivity index (χ0n) is 11.1. The van der Waals surface area contributed by atoms with Gasteiger partial charge in [-0.3, -0.25) is 0 Å². The first-order valence-electron chi connectivity index (χ1n) is 6.76. The SMILES string of the molecule is CCC1CCCCCN1S(=O)(=O)c1ccc(CCl)s1. The van der Waals surface area contributed by atoms with Crippen LogP contribution in [0.2, 0.25) is 0 Å². The molecule has 0 amide bonds. The van der Waals surface area contributed by atoms with Crippen molar-refractivity contribution >= 4 is 33.0 Å². The third-order valence-electron chi connectivity index (χ3n) is 3.63. The van der Waals surface area contributed by atoms with Gasteiger partial charge in [0.05, 0.1) is 5.88 Å². The predicted molar refractivity (Wildman–Crippen MR) is 80.3 cm³/mol. The molecule has 1 unspecified atom stereocenters. The van der Waals surface area contributed by atoms with E-state index in [9.17, 15) is 8.42 Å². The maximum Gasteiger partial charge on any atom is 0.252 e. The Labute approximate surface area is 124 Å². The second kappa shape index (κ2) is 6.57. The van der Waals surface area contributed by atoms with Crippen molar-refractivity contribution in [3.05, 3.63) is 17.0 Å². The van der Waals surface area contributed by atoms with Crippen LogP contribution in [0.1, 0.15) is 43.9 Å². The lowest BCUT2D eigenvalue weighted by Gasteiger charge is -2.27. The second-order valence-corrected chi connectivity index (χ2v) is 8.43. The second-order valence-electron chi connectivity index (χ2n) is 4.88. The monoisotopic (exact) mass is 321 g/mol. The zero-order valence-corrected chi connectivity index (χ0v) is 13.5. The smallest absolute Gasteiger partial charge is 0.206 e. The van der Waals surface area contributed by atoms with Gasteiger partial charge in [-0.2, -0.15) is 4.31 Å². The summed E-state index contributed by atoms with van der Waals surface area (Å²) in [5.74, 6) is 0.372. The molecule has 0 aliphatic carbocycles. The number of hydrogen-bond donors (Lipinski definition) is 0. The first kappa shape index (κ1) is 15.3. The third kappa shape index (κ3) is 3.32. The number of rotatable bonds is 4. The molecule has 19 heavy (non-hydrogen) atoms. The van der Waals surface area contributed by atoms with Crippen LogP contribution in [0.3, 0.4) is 0 Å². The largest absolute Gasteiger partial charge is 0.252 e. The number of alkyl halides is 1. The minimum Gasteiger partial charge on any atom is -0.206 e. The van der Waals surface area contributed by atoms with E-state index in [4.69, 9.17) is 11.6 Å². The van der Waals surface area contributed by atoms with E-state index in [0.717, 1.165) is 37.0 Å². The van der Waals surface area contributed by atoms with Crippen LogP contribution < -0.4 is 0 Å². The predicted octanol–water partition coefficient (Wildman–Crippen LogP) is 3.83. The van der Waals surface area contributed by atoms with Crippen molar-refractivity contribution in [1.29, 1.82) is 0 Å². The van der Waals surface area contributed by atoms with Gasteiger partial charge in [-0.15, -0.1) is 22.9 Å². The summed E-state index contributed by atoms with van der Waals surface area (Å²) in [6, 6.07) is 3.65. The van der Waals surface area contributed by atoms with Crippen LogP contribution in [0.25, 0.3) is 0 Å². The van der Waals surface area contributed by atoms with Gasteiger partial charge < -0.3 is 0 Å². The fourth-order valence-electron chi connectivity index (χ4n) is 2.56. The zero-order chi connectivity index (χ0) is 13.9. The lowest BCUT2D eigenvalue weighted by Crippen LogP contribution is -2.39. The lowest BCUT2D eigenvalue weighted by atomic mass is 10.1. The minimum atomic E-state index is -3.34. The Morgan fingerprint density at radius 2 is 2.16 bits per heavy atom. The molecule has 0 aromatic carbocycles. The number of sulfonamides is 1. The molecule has 2 heterocycles. The standard InChI is InChI=1S/C13H20ClNO2S2/c1-2-11-6-4-3-5-9-15(11)19(16,17)13-8-7-12(10-14)18-13/h7-8,11H,2-6,9-10H2,1H3. The van der Waals surface area contributed by atoms with Gasteiger partial charge in [0.25, 0.3) is 10.0 Å². The first-order valence-corrected chi connectivity index (χ1v) is 9.55. The Kier molecular flexibility index (Phi) is 5.29. The Balaban J connectivity index is 2.30. The maximum absolute atomic E-state index is 12.7. The fraction of sp³-hybridized carbons (Fsp3) is 0.692. The van der Waals surface area contributed by atoms with E-state index in [0.29, 0.717) is 16.6 Å². The van der Waals surface area contributed by atoms with E-state index in [1.807, 2.05) is 6.07 Å². The number of nitrogens with zero attached hydrogens (tertiary/aromatic N) is 1. The summed E-state index contributed by atoms with van der Waals surface area (Å²) < 4.78 is 27.6. The van der Waals surface area contributed by atoms with Crippen LogP contribution in [0.4, 0.5) is 0 Å². The van der Waals surface area contributed by atoms with Gasteiger partial charge in [-0.25, -0.2) is 8.42 Å². The van der Waals surface area contributed by atoms with Gasteiger partial charge in [0, 0.05) is 17.5 Å². The van der Waals surface area contributed by atoms with Crippen molar-refractivity contribution in [1.82, 2.24) is 4.31 Å². The molecule has 0 radical (unpaired) electrons. The number of halogens is 1. The minimum absolute atomic E-state index is 0.147. The highest BCUT2D eigenvalue weighted by Gasteiger charge is 2.32. The van der Waals surface area contributed by atoms with Gasteiger partial charge in [0.1, 0.15) is 4.21 Å². The van der Waals surface area contributed by atoms with Crippen LogP contribution in [-0.4, -0.2) is 25.3 Å². The molecule has 0 spiro atoms. The molecule has 1 saturated heterocycles. The quantitative estimate of drug-likeness (QED) is 0.790. The van der Waals surface area contributed by atoms with Gasteiger partial charge in [-0.1, -0.05) is 19.8 Å². The Morgan fingerprint density at radius 3 is 2.79 bits per heavy atom. The summed E-state index contributed by atoms with van der Waals surface area (Å²) in [6.07, 6.45) is 5.07. The molecule has 1 aromatic heterocycles. The molecule has 1 aliphatic rings. The van der Waals surface area contributed by atoms with Gasteiger partial charge >= 0.3 is 0 Å². The van der Waals surface area contributed by atoms with E-state index in [1.54, 1.807) is 10.4 Å². The molecule has 3 nitrogen and oxygen atoms in total. The summed E-state index contributed by atoms with van der Waals surface area (Å²) in [5, 5.41) is 0. The van der Waals surface area contributed by atoms with Gasteiger partial charge in [-0.05, 0) is 31.4 Å². The Hall–Kier alpha value is -0.100. The van der Waals surface area contributed by atoms with E-state index in [-0.39, 0.29) is 6.04 Å². The summed E-state index contributed by atoms with van der Waals surface area (Å²) in [4.78, 5) is 0.906. The summed E-state index contributed by atoms with van der Waals surface area (Å²) in [5.41, 5.74) is 0. The Bertz CT molecular complexity index is 512. The maximum atomic E-state index is 12.7. The number of hydrogen-bond acceptors (Lipinski definition) is 3. The van der Waals surface area contributed by atoms with Crippen molar-refractivity contribution in [3.63, 3.8) is 0 Å². The summed E-state index contributed by atoms with van der Waals surface area (Å²) >= 11 is 7.05. The van der Waals surface area contributed by atoms with Crippen molar-refractivity contribution < 1.29 is 8.42 Å². The average Bonchev–Trinajstić information content (AvgIpc) is 2.76. The third-order valence-corrected chi connectivity index (χ3v) is 7.58. The van der Waals surface area contributed by atoms with Gasteiger partial charge in [0.15, 0.2) is 0 Å². The topological polar surface area (TPSA) is 37.4 Å². The van der Waals surface area contributed by atoms with Crippen LogP contribution in [-0.2, 0) is 15.9 Å². The Morgan fingerprint density at radius 1 is 1.37 bits per heavy atom. The molecule has 1 atom stereocenters. The van der Waals surface area contributed by atoms with Crippen molar-refractivity contribution in [2.75, 3.05) is 6.54 Å². The van der Waals surface area contributed by atoms with Crippen LogP contribution >= 0.6 is 22.9 Å². The van der Waals surface area contributed by atoms with Crippen molar-refractivity contribution in [2.45, 2.75) is 55.2 Å². The van der Waals surface area contributed by atoms with E-state index in [1.165, 1.54) is 11.3 Å². The molecule has 2 rings (SSSR count). The lowest BCUT2D eigenvalue weighted by molar-refractivity contribution is 0.316. The first-order chi connectivity index (χ1) is 9.09. The molecular weight excluding hydrogens is 302 g/mol. The highest BCUT2D eigenvalue weighted by atomic mass is 35.5. The molecule has 0 saturated carbocycles. The van der Waals surface area contributed by atoms with E-state index in [2.05, 4.69) is 6.92 Å². The molecule has 108 valence electrons. The number of thiophene rings is 1. The fourth-order valence-corrected chi connectivity index (χ4v) is 5.91. The summed E-state index contributed by atoms with van der Waals surface area (Å²) in [6.45, 7) is 2.71. The highest BCUT2D eigenvalue weighted by molar-refractivity contribution is 7.91. The van der Waals surface area contributed by atoms with E-state index >= 15 is 0 Å². The van der Waals surface area contributed by atoms with Crippen molar-refractivity contribution in [3.8, 4) is 0 Å². The normalized spacial score (nSPS) is 22.3. The van der Waals surface area contributed by atoms with E-state index < -0.39 is 10.0 Å². The molecule has 1 fully saturated rings. The summed E-state index contributed by atoms with van der Waals surface area (Å²) in [7, 11) is -3.34. The van der Waals surface area contributed by atoms with Crippen molar-refractivity contribution in [2.24, 2.45) is 0 Å². The molecule has 0 bridgehead atoms. The van der Waals surface area contributed by atoms with Crippen LogP contribution in [0.5, 0.6) is 0 Å².